The molecule has 7 nitrogen and oxygen atoms in total. The smallest absolute Gasteiger partial charge is 0.325 e. The van der Waals surface area contributed by atoms with Crippen molar-refractivity contribution in [1.29, 1.82) is 0 Å². The molecule has 0 aliphatic carbocycles. The standard InChI is InChI=1S/C22H31N3O4/c1-14-11-24(12-15(2)29-14)18(26)13-25-19(27)22(6,23-20(25)28)17-9-7-16(8-10-17)21(3,4)5/h7-10,14-15H,11-13H2,1-6H3,(H,23,28)/t14-,15-,22+/m1/s1. The minimum Gasteiger partial charge on any atom is -0.372 e. The molecule has 0 radical (unpaired) electrons. The molecule has 7 heteroatoms. The lowest BCUT2D eigenvalue weighted by atomic mass is 9.84. The normalized spacial score (nSPS) is 27.9. The van der Waals surface area contributed by atoms with Crippen molar-refractivity contribution < 1.29 is 19.1 Å². The molecule has 2 fully saturated rings. The fraction of sp³-hybridized carbons (Fsp3) is 0.591. The summed E-state index contributed by atoms with van der Waals surface area (Å²) in [5.74, 6) is -0.656. The molecule has 158 valence electrons. The summed E-state index contributed by atoms with van der Waals surface area (Å²) in [6.07, 6.45) is -0.144. The second-order valence-corrected chi connectivity index (χ2v) is 9.33. The number of nitrogens with zero attached hydrogens (tertiary/aromatic N) is 2. The Hall–Kier alpha value is -2.41. The maximum absolute atomic E-state index is 13.1. The van der Waals surface area contributed by atoms with Crippen LogP contribution in [0, 0.1) is 0 Å². The summed E-state index contributed by atoms with van der Waals surface area (Å²) in [4.78, 5) is 41.1. The number of benzene rings is 1. The van der Waals surface area contributed by atoms with Crippen molar-refractivity contribution in [2.45, 2.75) is 64.7 Å². The van der Waals surface area contributed by atoms with Gasteiger partial charge in [-0.25, -0.2) is 4.79 Å². The highest BCUT2D eigenvalue weighted by Gasteiger charge is 2.50. The fourth-order valence-electron chi connectivity index (χ4n) is 3.96. The van der Waals surface area contributed by atoms with Crippen molar-refractivity contribution in [3.8, 4) is 0 Å². The van der Waals surface area contributed by atoms with Crippen LogP contribution in [-0.2, 0) is 25.3 Å². The molecular formula is C22H31N3O4. The molecule has 2 aliphatic heterocycles. The Morgan fingerprint density at radius 1 is 1.14 bits per heavy atom. The van der Waals surface area contributed by atoms with Crippen molar-refractivity contribution in [2.24, 2.45) is 0 Å². The van der Waals surface area contributed by atoms with Crippen molar-refractivity contribution >= 4 is 17.8 Å². The second kappa shape index (κ2) is 7.44. The summed E-state index contributed by atoms with van der Waals surface area (Å²) < 4.78 is 5.65. The summed E-state index contributed by atoms with van der Waals surface area (Å²) >= 11 is 0. The number of ether oxygens (including phenoxy) is 1. The molecule has 2 saturated heterocycles. The number of urea groups is 1. The fourth-order valence-corrected chi connectivity index (χ4v) is 3.96. The van der Waals surface area contributed by atoms with Crippen LogP contribution in [0.1, 0.15) is 52.7 Å². The number of amides is 4. The van der Waals surface area contributed by atoms with E-state index in [9.17, 15) is 14.4 Å². The van der Waals surface area contributed by atoms with Crippen molar-refractivity contribution in [2.75, 3.05) is 19.6 Å². The van der Waals surface area contributed by atoms with Gasteiger partial charge in [-0.2, -0.15) is 0 Å². The predicted molar refractivity (Wildman–Crippen MR) is 109 cm³/mol. The Bertz CT molecular complexity index is 804. The van der Waals surface area contributed by atoms with E-state index in [1.165, 1.54) is 0 Å². The molecule has 0 bridgehead atoms. The topological polar surface area (TPSA) is 79.0 Å². The summed E-state index contributed by atoms with van der Waals surface area (Å²) in [6.45, 7) is 12.5. The molecule has 1 aromatic carbocycles. The minimum absolute atomic E-state index is 0.00669. The molecule has 3 rings (SSSR count). The average molecular weight is 402 g/mol. The number of carbonyl (C=O) groups is 3. The number of morpholine rings is 1. The highest BCUT2D eigenvalue weighted by atomic mass is 16.5. The number of hydrogen-bond acceptors (Lipinski definition) is 4. The Kier molecular flexibility index (Phi) is 5.47. The Labute approximate surface area is 172 Å². The van der Waals surface area contributed by atoms with E-state index in [-0.39, 0.29) is 30.1 Å². The van der Waals surface area contributed by atoms with Gasteiger partial charge in [-0.3, -0.25) is 14.5 Å². The molecule has 2 aliphatic rings. The average Bonchev–Trinajstić information content (AvgIpc) is 2.84. The van der Waals surface area contributed by atoms with Gasteiger partial charge in [0.25, 0.3) is 5.91 Å². The highest BCUT2D eigenvalue weighted by Crippen LogP contribution is 2.31. The van der Waals surface area contributed by atoms with E-state index in [0.29, 0.717) is 18.7 Å². The van der Waals surface area contributed by atoms with Gasteiger partial charge in [-0.1, -0.05) is 45.0 Å². The van der Waals surface area contributed by atoms with Crippen LogP contribution in [0.3, 0.4) is 0 Å². The summed E-state index contributed by atoms with van der Waals surface area (Å²) in [5.41, 5.74) is 0.656. The molecule has 1 aromatic rings. The van der Waals surface area contributed by atoms with E-state index in [4.69, 9.17) is 4.74 Å². The van der Waals surface area contributed by atoms with Gasteiger partial charge in [0, 0.05) is 13.1 Å². The molecule has 2 heterocycles. The van der Waals surface area contributed by atoms with Crippen LogP contribution in [-0.4, -0.2) is 59.5 Å². The summed E-state index contributed by atoms with van der Waals surface area (Å²) in [6, 6.07) is 7.15. The molecule has 0 spiro atoms. The van der Waals surface area contributed by atoms with E-state index in [1.807, 2.05) is 38.1 Å². The van der Waals surface area contributed by atoms with Crippen LogP contribution in [0.2, 0.25) is 0 Å². The summed E-state index contributed by atoms with van der Waals surface area (Å²) in [5, 5.41) is 2.77. The van der Waals surface area contributed by atoms with Gasteiger partial charge in [0.15, 0.2) is 0 Å². The zero-order valence-electron chi connectivity index (χ0n) is 18.1. The Balaban J connectivity index is 1.76. The van der Waals surface area contributed by atoms with E-state index in [0.717, 1.165) is 10.5 Å². The SMILES string of the molecule is C[C@@H]1CN(C(=O)CN2C(=O)N[C@@](C)(c3ccc(C(C)(C)C)cc3)C2=O)C[C@@H](C)O1. The van der Waals surface area contributed by atoms with Crippen molar-refractivity contribution in [3.63, 3.8) is 0 Å². The van der Waals surface area contributed by atoms with E-state index < -0.39 is 17.5 Å². The first kappa shape index (κ1) is 21.3. The number of carbonyl (C=O) groups excluding carboxylic acids is 3. The first-order chi connectivity index (χ1) is 13.4. The molecule has 0 saturated carbocycles. The molecular weight excluding hydrogens is 370 g/mol. The van der Waals surface area contributed by atoms with Gasteiger partial charge < -0.3 is 15.0 Å². The third kappa shape index (κ3) is 4.15. The van der Waals surface area contributed by atoms with Crippen molar-refractivity contribution in [3.05, 3.63) is 35.4 Å². The van der Waals surface area contributed by atoms with Gasteiger partial charge in [0.1, 0.15) is 12.1 Å². The highest BCUT2D eigenvalue weighted by molar-refractivity contribution is 6.09. The quantitative estimate of drug-likeness (QED) is 0.789. The molecule has 0 unspecified atom stereocenters. The molecule has 3 atom stereocenters. The van der Waals surface area contributed by atoms with E-state index in [2.05, 4.69) is 26.1 Å². The van der Waals surface area contributed by atoms with Gasteiger partial charge in [0.2, 0.25) is 5.91 Å². The van der Waals surface area contributed by atoms with Crippen LogP contribution in [0.15, 0.2) is 24.3 Å². The van der Waals surface area contributed by atoms with E-state index >= 15 is 0 Å². The molecule has 0 aromatic heterocycles. The lowest BCUT2D eigenvalue weighted by molar-refractivity contribution is -0.146. The van der Waals surface area contributed by atoms with Crippen LogP contribution in [0.25, 0.3) is 0 Å². The zero-order valence-corrected chi connectivity index (χ0v) is 18.1. The first-order valence-corrected chi connectivity index (χ1v) is 10.1. The monoisotopic (exact) mass is 401 g/mol. The van der Waals surface area contributed by atoms with Gasteiger partial charge in [0.05, 0.1) is 12.2 Å². The Morgan fingerprint density at radius 2 is 1.69 bits per heavy atom. The van der Waals surface area contributed by atoms with Gasteiger partial charge in [-0.05, 0) is 37.3 Å². The third-order valence-corrected chi connectivity index (χ3v) is 5.67. The Morgan fingerprint density at radius 3 is 2.21 bits per heavy atom. The zero-order chi connectivity index (χ0) is 21.6. The van der Waals surface area contributed by atoms with Crippen LogP contribution in [0.5, 0.6) is 0 Å². The van der Waals surface area contributed by atoms with Crippen molar-refractivity contribution in [1.82, 2.24) is 15.1 Å². The van der Waals surface area contributed by atoms with Gasteiger partial charge in [-0.15, -0.1) is 0 Å². The van der Waals surface area contributed by atoms with Gasteiger partial charge >= 0.3 is 6.03 Å². The maximum Gasteiger partial charge on any atom is 0.325 e. The maximum atomic E-state index is 13.1. The third-order valence-electron chi connectivity index (χ3n) is 5.67. The molecule has 1 N–H and O–H groups in total. The van der Waals surface area contributed by atoms with E-state index in [1.54, 1.807) is 11.8 Å². The molecule has 29 heavy (non-hydrogen) atoms. The minimum atomic E-state index is -1.18. The largest absolute Gasteiger partial charge is 0.372 e. The van der Waals surface area contributed by atoms with Crippen LogP contribution < -0.4 is 5.32 Å². The molecule has 4 amide bonds. The number of rotatable bonds is 3. The second-order valence-electron chi connectivity index (χ2n) is 9.33. The number of imide groups is 1. The lowest BCUT2D eigenvalue weighted by Crippen LogP contribution is -2.52. The lowest BCUT2D eigenvalue weighted by Gasteiger charge is -2.35. The first-order valence-electron chi connectivity index (χ1n) is 10.1. The number of nitrogens with one attached hydrogen (secondary N) is 1. The van der Waals surface area contributed by atoms with Crippen LogP contribution in [0.4, 0.5) is 4.79 Å². The predicted octanol–water partition coefficient (Wildman–Crippen LogP) is 2.39. The van der Waals surface area contributed by atoms with Crippen LogP contribution >= 0.6 is 0 Å². The summed E-state index contributed by atoms with van der Waals surface area (Å²) in [7, 11) is 0. The number of hydrogen-bond donors (Lipinski definition) is 1.